The van der Waals surface area contributed by atoms with Gasteiger partial charge in [0.1, 0.15) is 5.82 Å². The predicted molar refractivity (Wildman–Crippen MR) is 99.3 cm³/mol. The molecule has 0 fully saturated rings. The summed E-state index contributed by atoms with van der Waals surface area (Å²) < 4.78 is 4.27. The number of aromatic nitrogens is 4. The lowest BCUT2D eigenvalue weighted by Gasteiger charge is -2.20. The van der Waals surface area contributed by atoms with E-state index in [-0.39, 0.29) is 0 Å². The Hall–Kier alpha value is -2.40. The first kappa shape index (κ1) is 16.1. The van der Waals surface area contributed by atoms with Crippen LogP contribution < -0.4 is 0 Å². The molecule has 2 aromatic heterocycles. The third kappa shape index (κ3) is 3.00. The molecule has 0 spiro atoms. The molecule has 5 heteroatoms. The van der Waals surface area contributed by atoms with E-state index in [1.165, 1.54) is 22.5 Å². The number of imidazole rings is 1. The lowest BCUT2D eigenvalue weighted by molar-refractivity contribution is 0.271. The van der Waals surface area contributed by atoms with E-state index < -0.39 is 0 Å². The van der Waals surface area contributed by atoms with Gasteiger partial charge >= 0.3 is 0 Å². The van der Waals surface area contributed by atoms with Gasteiger partial charge in [-0.25, -0.2) is 4.98 Å². The molecule has 3 aromatic rings. The monoisotopic (exact) mass is 335 g/mol. The Labute approximate surface area is 148 Å². The molecule has 0 saturated heterocycles. The lowest BCUT2D eigenvalue weighted by atomic mass is 10.0. The van der Waals surface area contributed by atoms with Gasteiger partial charge in [-0.15, -0.1) is 0 Å². The van der Waals surface area contributed by atoms with Gasteiger partial charge in [-0.1, -0.05) is 30.3 Å². The highest BCUT2D eigenvalue weighted by Crippen LogP contribution is 2.28. The van der Waals surface area contributed by atoms with Crippen molar-refractivity contribution < 1.29 is 0 Å². The molecule has 3 heterocycles. The van der Waals surface area contributed by atoms with Crippen LogP contribution in [0.1, 0.15) is 22.8 Å². The zero-order valence-corrected chi connectivity index (χ0v) is 15.2. The molecular weight excluding hydrogens is 310 g/mol. The zero-order chi connectivity index (χ0) is 17.4. The fourth-order valence-corrected chi connectivity index (χ4v) is 3.73. The quantitative estimate of drug-likeness (QED) is 0.739. The van der Waals surface area contributed by atoms with Gasteiger partial charge in [-0.2, -0.15) is 5.10 Å². The van der Waals surface area contributed by atoms with Gasteiger partial charge in [-0.3, -0.25) is 9.58 Å². The highest BCUT2D eigenvalue weighted by Gasteiger charge is 2.22. The average molecular weight is 335 g/mol. The highest BCUT2D eigenvalue weighted by atomic mass is 15.3. The number of nitrogens with zero attached hydrogens (tertiary/aromatic N) is 5. The van der Waals surface area contributed by atoms with Crippen molar-refractivity contribution >= 4 is 0 Å². The lowest BCUT2D eigenvalue weighted by Crippen LogP contribution is -2.27. The first-order valence-electron chi connectivity index (χ1n) is 8.93. The van der Waals surface area contributed by atoms with Gasteiger partial charge in [0, 0.05) is 63.2 Å². The number of hydrogen-bond acceptors (Lipinski definition) is 3. The number of hydrogen-bond donors (Lipinski definition) is 0. The van der Waals surface area contributed by atoms with Gasteiger partial charge in [0.25, 0.3) is 0 Å². The maximum absolute atomic E-state index is 4.81. The van der Waals surface area contributed by atoms with Crippen LogP contribution in [-0.2, 0) is 33.5 Å². The van der Waals surface area contributed by atoms with E-state index in [9.17, 15) is 0 Å². The second-order valence-electron chi connectivity index (χ2n) is 6.90. The molecule has 1 aliphatic heterocycles. The minimum Gasteiger partial charge on any atom is -0.334 e. The SMILES string of the molecule is Cc1ncc(CN2CCc3c(-c4ccccc4)nn(C)c3CC2)n1C. The molecule has 0 saturated carbocycles. The molecule has 0 atom stereocenters. The second kappa shape index (κ2) is 6.48. The van der Waals surface area contributed by atoms with E-state index in [0.717, 1.165) is 44.0 Å². The summed E-state index contributed by atoms with van der Waals surface area (Å²) in [6.45, 7) is 5.13. The molecule has 25 heavy (non-hydrogen) atoms. The second-order valence-corrected chi connectivity index (χ2v) is 6.90. The molecule has 4 rings (SSSR count). The summed E-state index contributed by atoms with van der Waals surface area (Å²) in [5.74, 6) is 1.07. The van der Waals surface area contributed by atoms with E-state index in [4.69, 9.17) is 5.10 Å². The molecular formula is C20H25N5. The van der Waals surface area contributed by atoms with Gasteiger partial charge in [0.15, 0.2) is 0 Å². The molecule has 1 aliphatic rings. The fourth-order valence-electron chi connectivity index (χ4n) is 3.73. The summed E-state index contributed by atoms with van der Waals surface area (Å²) in [4.78, 5) is 6.96. The minimum atomic E-state index is 0.958. The highest BCUT2D eigenvalue weighted by molar-refractivity contribution is 5.64. The van der Waals surface area contributed by atoms with Crippen molar-refractivity contribution in [1.29, 1.82) is 0 Å². The first-order chi connectivity index (χ1) is 12.1. The third-order valence-electron chi connectivity index (χ3n) is 5.37. The van der Waals surface area contributed by atoms with Gasteiger partial charge in [0.05, 0.1) is 11.4 Å². The van der Waals surface area contributed by atoms with Gasteiger partial charge in [-0.05, 0) is 13.3 Å². The van der Waals surface area contributed by atoms with Crippen molar-refractivity contribution in [3.8, 4) is 11.3 Å². The zero-order valence-electron chi connectivity index (χ0n) is 15.2. The molecule has 0 aliphatic carbocycles. The number of benzene rings is 1. The van der Waals surface area contributed by atoms with Crippen molar-refractivity contribution in [2.45, 2.75) is 26.3 Å². The molecule has 1 aromatic carbocycles. The van der Waals surface area contributed by atoms with E-state index >= 15 is 0 Å². The number of aryl methyl sites for hydroxylation is 2. The molecule has 0 unspecified atom stereocenters. The van der Waals surface area contributed by atoms with Crippen molar-refractivity contribution in [2.75, 3.05) is 13.1 Å². The Kier molecular flexibility index (Phi) is 4.17. The summed E-state index contributed by atoms with van der Waals surface area (Å²) in [6, 6.07) is 10.5. The van der Waals surface area contributed by atoms with E-state index in [2.05, 4.69) is 70.5 Å². The van der Waals surface area contributed by atoms with E-state index in [1.54, 1.807) is 0 Å². The van der Waals surface area contributed by atoms with Crippen molar-refractivity contribution in [3.63, 3.8) is 0 Å². The summed E-state index contributed by atoms with van der Waals surface area (Å²) in [5, 5.41) is 4.81. The summed E-state index contributed by atoms with van der Waals surface area (Å²) in [7, 11) is 4.17. The van der Waals surface area contributed by atoms with Crippen LogP contribution in [0.5, 0.6) is 0 Å². The Balaban J connectivity index is 1.57. The van der Waals surface area contributed by atoms with Crippen LogP contribution >= 0.6 is 0 Å². The summed E-state index contributed by atoms with van der Waals surface area (Å²) >= 11 is 0. The van der Waals surface area contributed by atoms with Crippen LogP contribution in [-0.4, -0.2) is 37.3 Å². The average Bonchev–Trinajstić information content (AvgIpc) is 3.01. The smallest absolute Gasteiger partial charge is 0.105 e. The van der Waals surface area contributed by atoms with Crippen LogP contribution in [0.4, 0.5) is 0 Å². The van der Waals surface area contributed by atoms with Crippen molar-refractivity contribution in [1.82, 2.24) is 24.2 Å². The van der Waals surface area contributed by atoms with Crippen molar-refractivity contribution in [3.05, 3.63) is 59.3 Å². The molecule has 5 nitrogen and oxygen atoms in total. The Bertz CT molecular complexity index is 875. The topological polar surface area (TPSA) is 38.9 Å². The third-order valence-corrected chi connectivity index (χ3v) is 5.37. The molecule has 0 N–H and O–H groups in total. The minimum absolute atomic E-state index is 0.958. The van der Waals surface area contributed by atoms with E-state index in [1.807, 2.05) is 6.20 Å². The van der Waals surface area contributed by atoms with Gasteiger partial charge < -0.3 is 4.57 Å². The van der Waals surface area contributed by atoms with E-state index in [0.29, 0.717) is 0 Å². The Morgan fingerprint density at radius 3 is 2.52 bits per heavy atom. The van der Waals surface area contributed by atoms with Crippen LogP contribution in [0.15, 0.2) is 36.5 Å². The standard InChI is InChI=1S/C20H25N5/c1-15-21-13-17(23(15)2)14-25-11-9-18-19(10-12-25)24(3)22-20(18)16-7-5-4-6-8-16/h4-8,13H,9-12,14H2,1-3H3. The summed E-state index contributed by atoms with van der Waals surface area (Å²) in [6.07, 6.45) is 4.09. The van der Waals surface area contributed by atoms with Crippen LogP contribution in [0.2, 0.25) is 0 Å². The van der Waals surface area contributed by atoms with Gasteiger partial charge in [0.2, 0.25) is 0 Å². The number of fused-ring (bicyclic) bond motifs is 1. The molecule has 130 valence electrons. The molecule has 0 radical (unpaired) electrons. The predicted octanol–water partition coefficient (Wildman–Crippen LogP) is 2.73. The fraction of sp³-hybridized carbons (Fsp3) is 0.400. The maximum Gasteiger partial charge on any atom is 0.105 e. The summed E-state index contributed by atoms with van der Waals surface area (Å²) in [5.41, 5.74) is 6.44. The maximum atomic E-state index is 4.81. The van der Waals surface area contributed by atoms with Crippen LogP contribution in [0.3, 0.4) is 0 Å². The number of rotatable bonds is 3. The van der Waals surface area contributed by atoms with Crippen molar-refractivity contribution in [2.24, 2.45) is 14.1 Å². The Morgan fingerprint density at radius 2 is 1.80 bits per heavy atom. The van der Waals surface area contributed by atoms with Crippen LogP contribution in [0.25, 0.3) is 11.3 Å². The molecule has 0 amide bonds. The largest absolute Gasteiger partial charge is 0.334 e. The van der Waals surface area contributed by atoms with Crippen LogP contribution in [0, 0.1) is 6.92 Å². The first-order valence-corrected chi connectivity index (χ1v) is 8.93. The molecule has 0 bridgehead atoms. The Morgan fingerprint density at radius 1 is 1.04 bits per heavy atom. The normalized spacial score (nSPS) is 15.2.